The molecular formula is C11H11ClO3. The molecule has 0 amide bonds. The Labute approximate surface area is 92.7 Å². The fourth-order valence-corrected chi connectivity index (χ4v) is 1.69. The third kappa shape index (κ3) is 2.18. The molecule has 15 heavy (non-hydrogen) atoms. The normalized spacial score (nSPS) is 10.1. The van der Waals surface area contributed by atoms with Gasteiger partial charge >= 0.3 is 5.97 Å². The molecule has 0 heterocycles. The van der Waals surface area contributed by atoms with Gasteiger partial charge in [0, 0.05) is 10.6 Å². The van der Waals surface area contributed by atoms with Gasteiger partial charge in [0.05, 0.1) is 0 Å². The van der Waals surface area contributed by atoms with Gasteiger partial charge < -0.3 is 5.11 Å². The van der Waals surface area contributed by atoms with Crippen LogP contribution in [0.4, 0.5) is 0 Å². The Bertz CT molecular complexity index is 424. The van der Waals surface area contributed by atoms with Crippen LogP contribution in [0.3, 0.4) is 0 Å². The molecule has 1 aromatic rings. The molecule has 3 nitrogen and oxygen atoms in total. The number of benzene rings is 1. The molecule has 1 rings (SSSR count). The van der Waals surface area contributed by atoms with E-state index in [4.69, 9.17) is 16.7 Å². The zero-order valence-electron chi connectivity index (χ0n) is 8.50. The van der Waals surface area contributed by atoms with E-state index in [-0.39, 0.29) is 5.56 Å². The second-order valence-electron chi connectivity index (χ2n) is 3.19. The highest BCUT2D eigenvalue weighted by molar-refractivity contribution is 6.40. The van der Waals surface area contributed by atoms with Gasteiger partial charge in [-0.15, -0.1) is 0 Å². The number of ketones is 1. The van der Waals surface area contributed by atoms with Crippen LogP contribution < -0.4 is 0 Å². The molecule has 0 aliphatic rings. The van der Waals surface area contributed by atoms with E-state index >= 15 is 0 Å². The smallest absolute Gasteiger partial charge is 0.377 e. The Hall–Kier alpha value is -1.35. The molecule has 0 aliphatic carbocycles. The van der Waals surface area contributed by atoms with Crippen molar-refractivity contribution < 1.29 is 14.7 Å². The molecule has 0 aromatic heterocycles. The third-order valence-electron chi connectivity index (χ3n) is 2.32. The first-order valence-corrected chi connectivity index (χ1v) is 4.92. The topological polar surface area (TPSA) is 54.4 Å². The van der Waals surface area contributed by atoms with E-state index in [1.54, 1.807) is 13.0 Å². The van der Waals surface area contributed by atoms with E-state index in [9.17, 15) is 9.59 Å². The molecular weight excluding hydrogens is 216 g/mol. The highest BCUT2D eigenvalue weighted by Crippen LogP contribution is 2.23. The number of carbonyl (C=O) groups is 2. The molecule has 0 radical (unpaired) electrons. The molecule has 0 bridgehead atoms. The molecule has 80 valence electrons. The predicted octanol–water partition coefficient (Wildman–Crippen LogP) is 2.48. The summed E-state index contributed by atoms with van der Waals surface area (Å²) < 4.78 is 0. The van der Waals surface area contributed by atoms with Crippen molar-refractivity contribution in [2.24, 2.45) is 0 Å². The first-order valence-electron chi connectivity index (χ1n) is 4.54. The van der Waals surface area contributed by atoms with Crippen LogP contribution in [0, 0.1) is 6.92 Å². The van der Waals surface area contributed by atoms with Crippen LogP contribution in [-0.2, 0) is 11.2 Å². The highest BCUT2D eigenvalue weighted by atomic mass is 35.5. The predicted molar refractivity (Wildman–Crippen MR) is 57.5 cm³/mol. The van der Waals surface area contributed by atoms with Gasteiger partial charge in [-0.3, -0.25) is 4.79 Å². The summed E-state index contributed by atoms with van der Waals surface area (Å²) in [5.74, 6) is -2.32. The Balaban J connectivity index is 3.37. The molecule has 0 saturated carbocycles. The first kappa shape index (κ1) is 11.7. The zero-order chi connectivity index (χ0) is 11.6. The van der Waals surface area contributed by atoms with E-state index in [1.807, 2.05) is 6.92 Å². The zero-order valence-corrected chi connectivity index (χ0v) is 9.26. The minimum absolute atomic E-state index is 0.229. The summed E-state index contributed by atoms with van der Waals surface area (Å²) in [4.78, 5) is 21.9. The molecule has 0 aliphatic heterocycles. The molecule has 1 aromatic carbocycles. The number of rotatable bonds is 3. The van der Waals surface area contributed by atoms with Crippen LogP contribution in [-0.4, -0.2) is 16.9 Å². The Morgan fingerprint density at radius 1 is 1.40 bits per heavy atom. The van der Waals surface area contributed by atoms with E-state index in [0.717, 1.165) is 5.56 Å². The van der Waals surface area contributed by atoms with Crippen molar-refractivity contribution in [3.63, 3.8) is 0 Å². The number of carbonyl (C=O) groups excluding carboxylic acids is 1. The third-order valence-corrected chi connectivity index (χ3v) is 2.73. The quantitative estimate of drug-likeness (QED) is 0.636. The summed E-state index contributed by atoms with van der Waals surface area (Å²) in [6.07, 6.45) is 0.584. The number of aliphatic carboxylic acids is 1. The molecule has 4 heteroatoms. The number of carboxylic acid groups (broad SMARTS) is 1. The Morgan fingerprint density at radius 2 is 2.00 bits per heavy atom. The van der Waals surface area contributed by atoms with Crippen molar-refractivity contribution in [2.75, 3.05) is 0 Å². The van der Waals surface area contributed by atoms with Gasteiger partial charge in [-0.25, -0.2) is 4.79 Å². The first-order chi connectivity index (χ1) is 6.99. The monoisotopic (exact) mass is 226 g/mol. The van der Waals surface area contributed by atoms with Gasteiger partial charge in [-0.1, -0.05) is 18.5 Å². The maximum Gasteiger partial charge on any atom is 0.377 e. The van der Waals surface area contributed by atoms with Crippen molar-refractivity contribution in [1.29, 1.82) is 0 Å². The SMILES string of the molecule is CCc1c(C(=O)C(=O)O)ccc(Cl)c1C. The van der Waals surface area contributed by atoms with E-state index in [2.05, 4.69) is 0 Å². The number of halogens is 1. The Morgan fingerprint density at radius 3 is 2.47 bits per heavy atom. The maximum absolute atomic E-state index is 11.3. The summed E-state index contributed by atoms with van der Waals surface area (Å²) in [6.45, 7) is 3.64. The van der Waals surface area contributed by atoms with Gasteiger partial charge in [0.25, 0.3) is 5.78 Å². The van der Waals surface area contributed by atoms with E-state index < -0.39 is 11.8 Å². The summed E-state index contributed by atoms with van der Waals surface area (Å²) >= 11 is 5.89. The van der Waals surface area contributed by atoms with Crippen molar-refractivity contribution in [3.8, 4) is 0 Å². The lowest BCUT2D eigenvalue weighted by Crippen LogP contribution is -2.15. The van der Waals surface area contributed by atoms with Crippen LogP contribution in [0.15, 0.2) is 12.1 Å². The number of Topliss-reactive ketones (excluding diaryl/α,β-unsaturated/α-hetero) is 1. The Kier molecular flexibility index (Phi) is 3.48. The fourth-order valence-electron chi connectivity index (χ4n) is 1.51. The molecule has 0 spiro atoms. The number of hydrogen-bond acceptors (Lipinski definition) is 2. The lowest BCUT2D eigenvalue weighted by atomic mass is 9.97. The average Bonchev–Trinajstić information content (AvgIpc) is 2.20. The van der Waals surface area contributed by atoms with Gasteiger partial charge in [-0.2, -0.15) is 0 Å². The minimum atomic E-state index is -1.44. The maximum atomic E-state index is 11.3. The molecule has 0 saturated heterocycles. The van der Waals surface area contributed by atoms with Crippen LogP contribution >= 0.6 is 11.6 Å². The van der Waals surface area contributed by atoms with Crippen molar-refractivity contribution >= 4 is 23.4 Å². The van der Waals surface area contributed by atoms with Crippen LogP contribution in [0.2, 0.25) is 5.02 Å². The van der Waals surface area contributed by atoms with E-state index in [1.165, 1.54) is 6.07 Å². The lowest BCUT2D eigenvalue weighted by Gasteiger charge is -2.09. The minimum Gasteiger partial charge on any atom is -0.475 e. The van der Waals surface area contributed by atoms with E-state index in [0.29, 0.717) is 17.0 Å². The largest absolute Gasteiger partial charge is 0.475 e. The lowest BCUT2D eigenvalue weighted by molar-refractivity contribution is -0.131. The molecule has 0 unspecified atom stereocenters. The van der Waals surface area contributed by atoms with Gasteiger partial charge in [-0.05, 0) is 36.6 Å². The second-order valence-corrected chi connectivity index (χ2v) is 3.59. The van der Waals surface area contributed by atoms with Gasteiger partial charge in [0.2, 0.25) is 0 Å². The average molecular weight is 227 g/mol. The molecule has 0 atom stereocenters. The van der Waals surface area contributed by atoms with Gasteiger partial charge in [0.15, 0.2) is 0 Å². The van der Waals surface area contributed by atoms with Crippen molar-refractivity contribution in [3.05, 3.63) is 33.8 Å². The van der Waals surface area contributed by atoms with Gasteiger partial charge in [0.1, 0.15) is 0 Å². The standard InChI is InChI=1S/C11H11ClO3/c1-3-7-6(2)9(12)5-4-8(7)10(13)11(14)15/h4-5H,3H2,1-2H3,(H,14,15). The summed E-state index contributed by atoms with van der Waals surface area (Å²) in [7, 11) is 0. The number of carboxylic acids is 1. The second kappa shape index (κ2) is 4.45. The molecule has 0 fully saturated rings. The highest BCUT2D eigenvalue weighted by Gasteiger charge is 2.19. The summed E-state index contributed by atoms with van der Waals surface area (Å²) in [5.41, 5.74) is 1.70. The van der Waals surface area contributed by atoms with Crippen molar-refractivity contribution in [1.82, 2.24) is 0 Å². The number of hydrogen-bond donors (Lipinski definition) is 1. The molecule has 1 N–H and O–H groups in total. The summed E-state index contributed by atoms with van der Waals surface area (Å²) in [5, 5.41) is 9.18. The fraction of sp³-hybridized carbons (Fsp3) is 0.273. The van der Waals surface area contributed by atoms with Crippen molar-refractivity contribution in [2.45, 2.75) is 20.3 Å². The van der Waals surface area contributed by atoms with Crippen LogP contribution in [0.25, 0.3) is 0 Å². The van der Waals surface area contributed by atoms with Crippen LogP contribution in [0.1, 0.15) is 28.4 Å². The van der Waals surface area contributed by atoms with Crippen LogP contribution in [0.5, 0.6) is 0 Å². The summed E-state index contributed by atoms with van der Waals surface area (Å²) in [6, 6.07) is 3.01.